The van der Waals surface area contributed by atoms with Crippen molar-refractivity contribution >= 4 is 23.6 Å². The largest absolute Gasteiger partial charge is 0.462 e. The Bertz CT molecular complexity index is 943. The van der Waals surface area contributed by atoms with Gasteiger partial charge in [0.25, 0.3) is 11.4 Å². The molecule has 0 aliphatic heterocycles. The van der Waals surface area contributed by atoms with Crippen LogP contribution in [0.5, 0.6) is 0 Å². The molecule has 2 aromatic carbocycles. The Morgan fingerprint density at radius 2 is 1.62 bits per heavy atom. The second-order valence-corrected chi connectivity index (χ2v) is 5.95. The molecule has 0 amide bonds. The molecule has 0 radical (unpaired) electrons. The van der Waals surface area contributed by atoms with Crippen molar-refractivity contribution in [3.63, 3.8) is 0 Å². The molecule has 2 aromatic rings. The number of nitrogens with zero attached hydrogens (tertiary/aromatic N) is 2. The summed E-state index contributed by atoms with van der Waals surface area (Å²) in [6.45, 7) is 8.52. The van der Waals surface area contributed by atoms with Gasteiger partial charge in [-0.15, -0.1) is 6.58 Å². The Hall–Kier alpha value is -4.18. The van der Waals surface area contributed by atoms with E-state index in [0.717, 1.165) is 0 Å². The highest BCUT2D eigenvalue weighted by Crippen LogP contribution is 2.21. The third kappa shape index (κ3) is 11.7. The summed E-state index contributed by atoms with van der Waals surface area (Å²) in [5.74, 6) is -0.264. The number of benzene rings is 2. The molecule has 1 N–H and O–H groups in total. The van der Waals surface area contributed by atoms with Gasteiger partial charge < -0.3 is 9.84 Å². The normalized spacial score (nSPS) is 10.1. The first-order valence-electron chi connectivity index (χ1n) is 9.13. The highest BCUT2D eigenvalue weighted by molar-refractivity contribution is 5.75. The predicted molar refractivity (Wildman–Crippen MR) is 118 cm³/mol. The third-order valence-electron chi connectivity index (χ3n) is 3.48. The Morgan fingerprint density at radius 1 is 1.06 bits per heavy atom. The van der Waals surface area contributed by atoms with Crippen LogP contribution in [0, 0.1) is 20.2 Å². The van der Waals surface area contributed by atoms with Gasteiger partial charge in [-0.25, -0.2) is 0 Å². The molecule has 10 nitrogen and oxygen atoms in total. The summed E-state index contributed by atoms with van der Waals surface area (Å²) in [6.07, 6.45) is 3.35. The van der Waals surface area contributed by atoms with Gasteiger partial charge in [-0.1, -0.05) is 43.0 Å². The molecule has 1 unspecified atom stereocenters. The van der Waals surface area contributed by atoms with E-state index in [-0.39, 0.29) is 17.3 Å². The maximum absolute atomic E-state index is 10.4. The molecule has 1 atom stereocenters. The molecule has 32 heavy (non-hydrogen) atoms. The Labute approximate surface area is 184 Å². The lowest BCUT2D eigenvalue weighted by Gasteiger charge is -2.07. The van der Waals surface area contributed by atoms with E-state index in [9.17, 15) is 34.9 Å². The third-order valence-corrected chi connectivity index (χ3v) is 3.48. The molecule has 0 aliphatic carbocycles. The first-order chi connectivity index (χ1) is 15.2. The van der Waals surface area contributed by atoms with Gasteiger partial charge in [-0.2, -0.15) is 0 Å². The zero-order chi connectivity index (χ0) is 24.5. The summed E-state index contributed by atoms with van der Waals surface area (Å²) in [6, 6.07) is 11.5. The van der Waals surface area contributed by atoms with Gasteiger partial charge in [-0.3, -0.25) is 29.8 Å². The number of carbonyl (C=O) groups is 2. The van der Waals surface area contributed by atoms with Crippen LogP contribution in [0.25, 0.3) is 0 Å². The highest BCUT2D eigenvalue weighted by atomic mass is 16.6. The number of ether oxygens (including phenoxy) is 1. The second-order valence-electron chi connectivity index (χ2n) is 5.95. The average molecular weight is 444 g/mol. The Morgan fingerprint density at radius 3 is 2.06 bits per heavy atom. The van der Waals surface area contributed by atoms with Crippen molar-refractivity contribution in [1.29, 1.82) is 0 Å². The van der Waals surface area contributed by atoms with Gasteiger partial charge in [0.15, 0.2) is 0 Å². The fraction of sp³-hybridized carbons (Fsp3) is 0.182. The van der Waals surface area contributed by atoms with Crippen molar-refractivity contribution in [1.82, 2.24) is 0 Å². The number of nitro groups is 2. The van der Waals surface area contributed by atoms with Crippen molar-refractivity contribution in [2.45, 2.75) is 19.4 Å². The van der Waals surface area contributed by atoms with Crippen LogP contribution in [0.2, 0.25) is 0 Å². The van der Waals surface area contributed by atoms with Crippen molar-refractivity contribution in [2.75, 3.05) is 6.61 Å². The lowest BCUT2D eigenvalue weighted by atomic mass is 10.1. The Kier molecular flexibility index (Phi) is 13.6. The van der Waals surface area contributed by atoms with Gasteiger partial charge in [0, 0.05) is 36.8 Å². The topological polar surface area (TPSA) is 150 Å². The van der Waals surface area contributed by atoms with E-state index in [1.54, 1.807) is 18.2 Å². The molecular weight excluding hydrogens is 420 g/mol. The standard InChI is InChI=1S/C10H11NO3.C7H5NO3.C5H8O2/c1-2-4-10(12)8-5-3-6-9(7-8)11(13)14;9-5-6-2-1-3-7(4-6)8(10)11;1-3-4-7-5(2)6/h2-3,5-7,10,12H,1,4H2;1-5H;3H,1,4H2,2H3. The summed E-state index contributed by atoms with van der Waals surface area (Å²) in [5, 5.41) is 30.1. The van der Waals surface area contributed by atoms with Crippen molar-refractivity contribution in [3.8, 4) is 0 Å². The highest BCUT2D eigenvalue weighted by Gasteiger charge is 2.10. The lowest BCUT2D eigenvalue weighted by molar-refractivity contribution is -0.385. The molecule has 0 heterocycles. The SMILES string of the molecule is C=CCC(O)c1cccc([N+](=O)[O-])c1.C=CCOC(C)=O.O=Cc1cccc([N+](=O)[O-])c1. The fourth-order valence-electron chi connectivity index (χ4n) is 2.03. The van der Waals surface area contributed by atoms with Crippen molar-refractivity contribution in [3.05, 3.63) is 105 Å². The van der Waals surface area contributed by atoms with Crippen LogP contribution in [-0.2, 0) is 9.53 Å². The lowest BCUT2D eigenvalue weighted by Crippen LogP contribution is -1.97. The number of rotatable bonds is 8. The number of aliphatic hydroxyl groups is 1. The Balaban J connectivity index is 0.000000478. The van der Waals surface area contributed by atoms with Crippen molar-refractivity contribution < 1.29 is 29.3 Å². The fourth-order valence-corrected chi connectivity index (χ4v) is 2.03. The molecule has 0 spiro atoms. The van der Waals surface area contributed by atoms with Crippen LogP contribution in [0.1, 0.15) is 35.4 Å². The first kappa shape index (κ1) is 27.8. The van der Waals surface area contributed by atoms with Crippen LogP contribution in [0.15, 0.2) is 73.8 Å². The second kappa shape index (κ2) is 15.6. The number of aldehydes is 1. The number of carbonyl (C=O) groups excluding carboxylic acids is 2. The molecule has 0 saturated heterocycles. The molecular formula is C22H24N2O8. The number of aliphatic hydroxyl groups excluding tert-OH is 1. The predicted octanol–water partition coefficient (Wildman–Crippen LogP) is 4.35. The van der Waals surface area contributed by atoms with Crippen LogP contribution in [-0.4, -0.2) is 33.8 Å². The van der Waals surface area contributed by atoms with Crippen LogP contribution in [0.3, 0.4) is 0 Å². The van der Waals surface area contributed by atoms with Gasteiger partial charge >= 0.3 is 5.97 Å². The number of nitro benzene ring substituents is 2. The average Bonchev–Trinajstić information content (AvgIpc) is 2.78. The van der Waals surface area contributed by atoms with E-state index in [1.807, 2.05) is 0 Å². The summed E-state index contributed by atoms with van der Waals surface area (Å²) in [7, 11) is 0. The molecule has 0 bridgehead atoms. The van der Waals surface area contributed by atoms with E-state index < -0.39 is 16.0 Å². The maximum Gasteiger partial charge on any atom is 0.302 e. The minimum Gasteiger partial charge on any atom is -0.462 e. The summed E-state index contributed by atoms with van der Waals surface area (Å²) in [4.78, 5) is 39.7. The quantitative estimate of drug-likeness (QED) is 0.208. The van der Waals surface area contributed by atoms with Gasteiger partial charge in [0.1, 0.15) is 12.9 Å². The van der Waals surface area contributed by atoms with Crippen LogP contribution < -0.4 is 0 Å². The molecule has 170 valence electrons. The smallest absolute Gasteiger partial charge is 0.302 e. The van der Waals surface area contributed by atoms with Crippen LogP contribution >= 0.6 is 0 Å². The zero-order valence-electron chi connectivity index (χ0n) is 17.5. The van der Waals surface area contributed by atoms with Gasteiger partial charge in [0.05, 0.1) is 16.0 Å². The van der Waals surface area contributed by atoms with Crippen LogP contribution in [0.4, 0.5) is 11.4 Å². The molecule has 2 rings (SSSR count). The summed E-state index contributed by atoms with van der Waals surface area (Å²) < 4.78 is 4.43. The number of hydrogen-bond acceptors (Lipinski definition) is 8. The summed E-state index contributed by atoms with van der Waals surface area (Å²) in [5.41, 5.74) is 0.790. The van der Waals surface area contributed by atoms with Gasteiger partial charge in [0.2, 0.25) is 0 Å². The number of hydrogen-bond donors (Lipinski definition) is 1. The number of esters is 1. The molecule has 0 fully saturated rings. The molecule has 0 aliphatic rings. The molecule has 0 aromatic heterocycles. The zero-order valence-corrected chi connectivity index (χ0v) is 17.5. The van der Waals surface area contributed by atoms with E-state index in [4.69, 9.17) is 0 Å². The minimum atomic E-state index is -0.715. The molecule has 10 heteroatoms. The van der Waals surface area contributed by atoms with E-state index in [2.05, 4.69) is 17.9 Å². The monoisotopic (exact) mass is 444 g/mol. The first-order valence-corrected chi connectivity index (χ1v) is 9.13. The van der Waals surface area contributed by atoms with E-state index >= 15 is 0 Å². The van der Waals surface area contributed by atoms with Crippen molar-refractivity contribution in [2.24, 2.45) is 0 Å². The van der Waals surface area contributed by atoms with E-state index in [0.29, 0.717) is 30.4 Å². The maximum atomic E-state index is 10.4. The minimum absolute atomic E-state index is 0.00869. The summed E-state index contributed by atoms with van der Waals surface area (Å²) >= 11 is 0. The van der Waals surface area contributed by atoms with Gasteiger partial charge in [-0.05, 0) is 12.0 Å². The van der Waals surface area contributed by atoms with E-state index in [1.165, 1.54) is 49.4 Å². The number of non-ortho nitro benzene ring substituents is 2. The molecule has 0 saturated carbocycles.